The van der Waals surface area contributed by atoms with Gasteiger partial charge < -0.3 is 5.11 Å². The van der Waals surface area contributed by atoms with Crippen LogP contribution < -0.4 is 0 Å². The quantitative estimate of drug-likeness (QED) is 0.812. The molecule has 1 heterocycles. The predicted molar refractivity (Wildman–Crippen MR) is 85.5 cm³/mol. The molecule has 1 nitrogen and oxygen atoms in total. The number of halogens is 1. The van der Waals surface area contributed by atoms with E-state index in [0.29, 0.717) is 0 Å². The third-order valence-electron chi connectivity index (χ3n) is 4.48. The first-order valence-corrected chi connectivity index (χ1v) is 8.41. The van der Waals surface area contributed by atoms with Crippen LogP contribution in [0, 0.1) is 0 Å². The van der Waals surface area contributed by atoms with Gasteiger partial charge in [0.25, 0.3) is 0 Å². The first-order chi connectivity index (χ1) is 9.72. The Morgan fingerprint density at radius 3 is 2.30 bits per heavy atom. The standard InChI is InChI=1S/C17H19ClOS/c18-15-10-9-14(20-15)16(19)17(11-5-2-6-12-17)13-7-3-1-4-8-13/h1,3-4,7-10,16,19H,2,5-6,11-12H2. The molecule has 1 aromatic heterocycles. The molecule has 1 saturated carbocycles. The Morgan fingerprint density at radius 2 is 1.70 bits per heavy atom. The van der Waals surface area contributed by atoms with Crippen molar-refractivity contribution in [3.05, 3.63) is 57.2 Å². The maximum Gasteiger partial charge on any atom is 0.0978 e. The third-order valence-corrected chi connectivity index (χ3v) is 5.76. The SMILES string of the molecule is OC(c1ccc(Cl)s1)C1(c2ccccc2)CCCCC1. The maximum atomic E-state index is 11.0. The van der Waals surface area contributed by atoms with E-state index in [1.165, 1.54) is 36.2 Å². The summed E-state index contributed by atoms with van der Waals surface area (Å²) in [6.07, 6.45) is 5.28. The summed E-state index contributed by atoms with van der Waals surface area (Å²) in [4.78, 5) is 0.987. The van der Waals surface area contributed by atoms with E-state index >= 15 is 0 Å². The number of rotatable bonds is 3. The zero-order valence-corrected chi connectivity index (χ0v) is 13.0. The number of thiophene rings is 1. The summed E-state index contributed by atoms with van der Waals surface area (Å²) in [5, 5.41) is 11.0. The molecule has 0 aliphatic heterocycles. The van der Waals surface area contributed by atoms with Gasteiger partial charge in [-0.3, -0.25) is 0 Å². The van der Waals surface area contributed by atoms with Crippen LogP contribution in [0.2, 0.25) is 4.34 Å². The average molecular weight is 307 g/mol. The zero-order valence-electron chi connectivity index (χ0n) is 11.4. The lowest BCUT2D eigenvalue weighted by molar-refractivity contribution is 0.0556. The molecule has 3 heteroatoms. The molecule has 0 spiro atoms. The Bertz CT molecular complexity index is 557. The summed E-state index contributed by atoms with van der Waals surface area (Å²) in [6, 6.07) is 14.3. The van der Waals surface area contributed by atoms with Crippen molar-refractivity contribution in [3.63, 3.8) is 0 Å². The van der Waals surface area contributed by atoms with Crippen molar-refractivity contribution >= 4 is 22.9 Å². The molecule has 1 atom stereocenters. The van der Waals surface area contributed by atoms with Crippen molar-refractivity contribution in [2.45, 2.75) is 43.6 Å². The van der Waals surface area contributed by atoms with Gasteiger partial charge in [0.05, 0.1) is 10.4 Å². The van der Waals surface area contributed by atoms with Gasteiger partial charge in [0.15, 0.2) is 0 Å². The largest absolute Gasteiger partial charge is 0.387 e. The molecule has 3 rings (SSSR count). The maximum absolute atomic E-state index is 11.0. The lowest BCUT2D eigenvalue weighted by atomic mass is 9.65. The molecule has 1 aliphatic rings. The fourth-order valence-electron chi connectivity index (χ4n) is 3.42. The van der Waals surface area contributed by atoms with Gasteiger partial charge in [-0.15, -0.1) is 11.3 Å². The van der Waals surface area contributed by atoms with E-state index < -0.39 is 6.10 Å². The zero-order chi connectivity index (χ0) is 14.0. The second kappa shape index (κ2) is 5.88. The summed E-state index contributed by atoms with van der Waals surface area (Å²) in [5.74, 6) is 0. The highest BCUT2D eigenvalue weighted by Crippen LogP contribution is 2.49. The first kappa shape index (κ1) is 14.1. The molecule has 0 amide bonds. The monoisotopic (exact) mass is 306 g/mol. The Balaban J connectivity index is 2.01. The number of benzene rings is 1. The minimum Gasteiger partial charge on any atom is -0.387 e. The van der Waals surface area contributed by atoms with E-state index in [4.69, 9.17) is 11.6 Å². The van der Waals surface area contributed by atoms with Gasteiger partial charge in [-0.1, -0.05) is 61.2 Å². The predicted octanol–water partition coefficient (Wildman–Crippen LogP) is 5.34. The molecule has 0 bridgehead atoms. The summed E-state index contributed by atoms with van der Waals surface area (Å²) in [7, 11) is 0. The molecular weight excluding hydrogens is 288 g/mol. The lowest BCUT2D eigenvalue weighted by Crippen LogP contribution is -2.35. The Hall–Kier alpha value is -0.830. The molecule has 1 N–H and O–H groups in total. The van der Waals surface area contributed by atoms with E-state index in [-0.39, 0.29) is 5.41 Å². The molecule has 106 valence electrons. The molecule has 0 saturated heterocycles. The average Bonchev–Trinajstić information content (AvgIpc) is 2.94. The second-order valence-corrected chi connectivity index (χ2v) is 7.37. The number of hydrogen-bond donors (Lipinski definition) is 1. The van der Waals surface area contributed by atoms with Gasteiger partial charge in [0.2, 0.25) is 0 Å². The van der Waals surface area contributed by atoms with Crippen molar-refractivity contribution < 1.29 is 5.11 Å². The highest BCUT2D eigenvalue weighted by Gasteiger charge is 2.41. The van der Waals surface area contributed by atoms with Gasteiger partial charge in [-0.2, -0.15) is 0 Å². The van der Waals surface area contributed by atoms with Gasteiger partial charge in [-0.05, 0) is 30.5 Å². The van der Waals surface area contributed by atoms with Crippen molar-refractivity contribution in [1.29, 1.82) is 0 Å². The van der Waals surface area contributed by atoms with Crippen LogP contribution in [0.25, 0.3) is 0 Å². The molecule has 20 heavy (non-hydrogen) atoms. The highest BCUT2D eigenvalue weighted by molar-refractivity contribution is 7.16. The molecular formula is C17H19ClOS. The van der Waals surface area contributed by atoms with Gasteiger partial charge >= 0.3 is 0 Å². The van der Waals surface area contributed by atoms with Crippen LogP contribution in [-0.4, -0.2) is 5.11 Å². The third kappa shape index (κ3) is 2.52. The van der Waals surface area contributed by atoms with E-state index in [9.17, 15) is 5.11 Å². The summed E-state index contributed by atoms with van der Waals surface area (Å²) in [6.45, 7) is 0. The Kier molecular flexibility index (Phi) is 4.16. The van der Waals surface area contributed by atoms with Gasteiger partial charge in [0, 0.05) is 10.3 Å². The second-order valence-electron chi connectivity index (χ2n) is 5.63. The molecule has 1 unspecified atom stereocenters. The first-order valence-electron chi connectivity index (χ1n) is 7.21. The van der Waals surface area contributed by atoms with Crippen molar-refractivity contribution in [3.8, 4) is 0 Å². The highest BCUT2D eigenvalue weighted by atomic mass is 35.5. The minimum atomic E-state index is -0.456. The van der Waals surface area contributed by atoms with Crippen LogP contribution in [0.15, 0.2) is 42.5 Å². The fourth-order valence-corrected chi connectivity index (χ4v) is 4.59. The van der Waals surface area contributed by atoms with E-state index in [0.717, 1.165) is 22.1 Å². The van der Waals surface area contributed by atoms with Crippen LogP contribution in [0.1, 0.15) is 48.6 Å². The van der Waals surface area contributed by atoms with Crippen LogP contribution in [0.3, 0.4) is 0 Å². The summed E-state index contributed by atoms with van der Waals surface area (Å²) >= 11 is 7.54. The van der Waals surface area contributed by atoms with Crippen LogP contribution in [0.4, 0.5) is 0 Å². The Morgan fingerprint density at radius 1 is 1.00 bits per heavy atom. The molecule has 0 radical (unpaired) electrons. The van der Waals surface area contributed by atoms with Crippen molar-refractivity contribution in [2.75, 3.05) is 0 Å². The number of aliphatic hydroxyl groups is 1. The summed E-state index contributed by atoms with van der Waals surface area (Å²) < 4.78 is 0.748. The Labute approximate surface area is 129 Å². The van der Waals surface area contributed by atoms with Gasteiger partial charge in [0.1, 0.15) is 0 Å². The smallest absolute Gasteiger partial charge is 0.0978 e. The minimum absolute atomic E-state index is 0.145. The fraction of sp³-hybridized carbons (Fsp3) is 0.412. The molecule has 1 aliphatic carbocycles. The number of hydrogen-bond acceptors (Lipinski definition) is 2. The number of aliphatic hydroxyl groups excluding tert-OH is 1. The van der Waals surface area contributed by atoms with Crippen LogP contribution in [0.5, 0.6) is 0 Å². The van der Waals surface area contributed by atoms with Crippen LogP contribution in [-0.2, 0) is 5.41 Å². The van der Waals surface area contributed by atoms with Crippen molar-refractivity contribution in [2.24, 2.45) is 0 Å². The normalized spacial score (nSPS) is 19.7. The van der Waals surface area contributed by atoms with Crippen molar-refractivity contribution in [1.82, 2.24) is 0 Å². The lowest BCUT2D eigenvalue weighted by Gasteiger charge is -2.41. The van der Waals surface area contributed by atoms with Gasteiger partial charge in [-0.25, -0.2) is 0 Å². The van der Waals surface area contributed by atoms with Crippen LogP contribution >= 0.6 is 22.9 Å². The molecule has 1 fully saturated rings. The topological polar surface area (TPSA) is 20.2 Å². The van der Waals surface area contributed by atoms with E-state index in [2.05, 4.69) is 24.3 Å². The van der Waals surface area contributed by atoms with E-state index in [1.807, 2.05) is 18.2 Å². The summed E-state index contributed by atoms with van der Waals surface area (Å²) in [5.41, 5.74) is 1.12. The molecule has 1 aromatic carbocycles. The van der Waals surface area contributed by atoms with E-state index in [1.54, 1.807) is 0 Å². The molecule has 2 aromatic rings.